The van der Waals surface area contributed by atoms with Gasteiger partial charge in [-0.2, -0.15) is 0 Å². The summed E-state index contributed by atoms with van der Waals surface area (Å²) in [5.74, 6) is -0.663. The minimum Gasteiger partial charge on any atom is -0.480 e. The maximum Gasteiger partial charge on any atom is 0.407 e. The van der Waals surface area contributed by atoms with Gasteiger partial charge in [-0.3, -0.25) is 0 Å². The Kier molecular flexibility index (Phi) is 6.84. The highest BCUT2D eigenvalue weighted by Crippen LogP contribution is 2.44. The predicted molar refractivity (Wildman–Crippen MR) is 136 cm³/mol. The summed E-state index contributed by atoms with van der Waals surface area (Å²) in [6, 6.07) is 23.3. The van der Waals surface area contributed by atoms with Crippen molar-refractivity contribution >= 4 is 12.1 Å². The Bertz CT molecular complexity index is 1170. The van der Waals surface area contributed by atoms with Crippen LogP contribution < -0.4 is 5.32 Å². The number of rotatable bonds is 7. The van der Waals surface area contributed by atoms with Gasteiger partial charge in [-0.25, -0.2) is 9.59 Å². The van der Waals surface area contributed by atoms with Crippen LogP contribution in [-0.4, -0.2) is 29.8 Å². The second-order valence-corrected chi connectivity index (χ2v) is 9.60. The van der Waals surface area contributed by atoms with Crippen molar-refractivity contribution in [1.82, 2.24) is 5.32 Å². The Morgan fingerprint density at radius 3 is 2.03 bits per heavy atom. The van der Waals surface area contributed by atoms with Crippen LogP contribution in [-0.2, 0) is 16.0 Å². The van der Waals surface area contributed by atoms with E-state index in [2.05, 4.69) is 35.6 Å². The summed E-state index contributed by atoms with van der Waals surface area (Å²) in [7, 11) is 0. The van der Waals surface area contributed by atoms with Crippen molar-refractivity contribution in [2.75, 3.05) is 6.61 Å². The first-order valence-corrected chi connectivity index (χ1v) is 12.5. The summed E-state index contributed by atoms with van der Waals surface area (Å²) < 4.78 is 5.59. The minimum atomic E-state index is -1.06. The molecule has 5 heteroatoms. The standard InChI is InChI=1S/C30H31NO4/c32-29(33)28(18-21-12-4-5-13-22(21)20-10-2-1-3-11-20)31-30(34)35-19-27-25-16-8-6-14-23(25)24-15-7-9-17-26(24)27/h4-9,12-17,20,27-28H,1-3,10-11,18-19H2,(H,31,34)(H,32,33). The third-order valence-electron chi connectivity index (χ3n) is 7.46. The molecule has 0 heterocycles. The Morgan fingerprint density at radius 2 is 1.40 bits per heavy atom. The van der Waals surface area contributed by atoms with Gasteiger partial charge in [-0.05, 0) is 52.1 Å². The second-order valence-electron chi connectivity index (χ2n) is 9.60. The zero-order valence-electron chi connectivity index (χ0n) is 19.8. The van der Waals surface area contributed by atoms with Gasteiger partial charge in [0.2, 0.25) is 0 Å². The average Bonchev–Trinajstić information content (AvgIpc) is 3.21. The highest BCUT2D eigenvalue weighted by Gasteiger charge is 2.30. The highest BCUT2D eigenvalue weighted by atomic mass is 16.5. The van der Waals surface area contributed by atoms with Crippen molar-refractivity contribution in [3.05, 3.63) is 95.1 Å². The van der Waals surface area contributed by atoms with Gasteiger partial charge in [-0.15, -0.1) is 0 Å². The molecular weight excluding hydrogens is 438 g/mol. The number of fused-ring (bicyclic) bond motifs is 3. The Hall–Kier alpha value is -3.60. The van der Waals surface area contributed by atoms with Gasteiger partial charge >= 0.3 is 12.1 Å². The van der Waals surface area contributed by atoms with E-state index in [0.29, 0.717) is 5.92 Å². The van der Waals surface area contributed by atoms with E-state index in [1.165, 1.54) is 24.8 Å². The lowest BCUT2D eigenvalue weighted by atomic mass is 9.81. The van der Waals surface area contributed by atoms with E-state index in [1.807, 2.05) is 42.5 Å². The Balaban J connectivity index is 1.26. The lowest BCUT2D eigenvalue weighted by Crippen LogP contribution is -2.43. The van der Waals surface area contributed by atoms with Crippen LogP contribution in [0.1, 0.15) is 66.2 Å². The summed E-state index contributed by atoms with van der Waals surface area (Å²) in [5.41, 5.74) is 6.76. The number of carbonyl (C=O) groups excluding carboxylic acids is 1. The third-order valence-corrected chi connectivity index (χ3v) is 7.46. The number of alkyl carbamates (subject to hydrolysis) is 1. The molecule has 2 aliphatic carbocycles. The van der Waals surface area contributed by atoms with Gasteiger partial charge < -0.3 is 15.2 Å². The van der Waals surface area contributed by atoms with Crippen LogP contribution in [0.3, 0.4) is 0 Å². The molecule has 0 aliphatic heterocycles. The van der Waals surface area contributed by atoms with Crippen LogP contribution >= 0.6 is 0 Å². The molecule has 180 valence electrons. The first-order chi connectivity index (χ1) is 17.1. The molecule has 0 bridgehead atoms. The number of nitrogens with one attached hydrogen (secondary N) is 1. The molecule has 0 spiro atoms. The van der Waals surface area contributed by atoms with Gasteiger partial charge in [0, 0.05) is 12.3 Å². The zero-order valence-corrected chi connectivity index (χ0v) is 19.8. The molecule has 1 unspecified atom stereocenters. The summed E-state index contributed by atoms with van der Waals surface area (Å²) in [4.78, 5) is 24.8. The number of ether oxygens (including phenoxy) is 1. The molecule has 5 rings (SSSR count). The van der Waals surface area contributed by atoms with Crippen LogP contribution in [0.5, 0.6) is 0 Å². The lowest BCUT2D eigenvalue weighted by Gasteiger charge is -2.25. The quantitative estimate of drug-likeness (QED) is 0.428. The van der Waals surface area contributed by atoms with E-state index in [-0.39, 0.29) is 18.9 Å². The van der Waals surface area contributed by atoms with Crippen LogP contribution in [0.15, 0.2) is 72.8 Å². The topological polar surface area (TPSA) is 75.6 Å². The van der Waals surface area contributed by atoms with Crippen molar-refractivity contribution in [2.24, 2.45) is 0 Å². The number of hydrogen-bond donors (Lipinski definition) is 2. The highest BCUT2D eigenvalue weighted by molar-refractivity contribution is 5.81. The number of hydrogen-bond acceptors (Lipinski definition) is 3. The molecule has 1 saturated carbocycles. The number of aliphatic carboxylic acids is 1. The first kappa shape index (κ1) is 23.2. The molecular formula is C30H31NO4. The molecule has 1 amide bonds. The van der Waals surface area contributed by atoms with Gasteiger partial charge in [0.25, 0.3) is 0 Å². The molecule has 2 N–H and O–H groups in total. The van der Waals surface area contributed by atoms with Crippen molar-refractivity contribution < 1.29 is 19.4 Å². The number of amides is 1. The van der Waals surface area contributed by atoms with E-state index >= 15 is 0 Å². The number of carboxylic acids is 1. The summed E-state index contributed by atoms with van der Waals surface area (Å²) >= 11 is 0. The maximum absolute atomic E-state index is 12.7. The van der Waals surface area contributed by atoms with Crippen LogP contribution in [0, 0.1) is 0 Å². The van der Waals surface area contributed by atoms with Crippen LogP contribution in [0.4, 0.5) is 4.79 Å². The third kappa shape index (κ3) is 4.95. The molecule has 0 saturated heterocycles. The summed E-state index contributed by atoms with van der Waals surface area (Å²) in [6.07, 6.45) is 5.49. The van der Waals surface area contributed by atoms with Crippen LogP contribution in [0.2, 0.25) is 0 Å². The monoisotopic (exact) mass is 469 g/mol. The number of carboxylic acid groups (broad SMARTS) is 1. The number of benzene rings is 3. The van der Waals surface area contributed by atoms with E-state index in [9.17, 15) is 14.7 Å². The van der Waals surface area contributed by atoms with E-state index in [1.54, 1.807) is 0 Å². The molecule has 1 fully saturated rings. The average molecular weight is 470 g/mol. The van der Waals surface area contributed by atoms with Gasteiger partial charge in [-0.1, -0.05) is 92.1 Å². The smallest absolute Gasteiger partial charge is 0.407 e. The van der Waals surface area contributed by atoms with Gasteiger partial charge in [0.15, 0.2) is 0 Å². The molecule has 0 aromatic heterocycles. The first-order valence-electron chi connectivity index (χ1n) is 12.5. The maximum atomic E-state index is 12.7. The largest absolute Gasteiger partial charge is 0.480 e. The summed E-state index contributed by atoms with van der Waals surface area (Å²) in [6.45, 7) is 0.158. The predicted octanol–water partition coefficient (Wildman–Crippen LogP) is 6.27. The molecule has 5 nitrogen and oxygen atoms in total. The second kappa shape index (κ2) is 10.3. The van der Waals surface area contributed by atoms with Gasteiger partial charge in [0.05, 0.1) is 0 Å². The molecule has 3 aromatic rings. The number of carbonyl (C=O) groups is 2. The molecule has 0 radical (unpaired) electrons. The van der Waals surface area contributed by atoms with E-state index in [4.69, 9.17) is 4.74 Å². The molecule has 35 heavy (non-hydrogen) atoms. The Morgan fingerprint density at radius 1 is 0.829 bits per heavy atom. The summed E-state index contributed by atoms with van der Waals surface area (Å²) in [5, 5.41) is 12.5. The van der Waals surface area contributed by atoms with Gasteiger partial charge in [0.1, 0.15) is 12.6 Å². The fourth-order valence-electron chi connectivity index (χ4n) is 5.73. The van der Waals surface area contributed by atoms with Crippen molar-refractivity contribution in [3.63, 3.8) is 0 Å². The van der Waals surface area contributed by atoms with Crippen molar-refractivity contribution in [2.45, 2.75) is 56.4 Å². The molecule has 1 atom stereocenters. The lowest BCUT2D eigenvalue weighted by molar-refractivity contribution is -0.139. The van der Waals surface area contributed by atoms with Crippen LogP contribution in [0.25, 0.3) is 11.1 Å². The SMILES string of the molecule is O=C(NC(Cc1ccccc1C1CCCCC1)C(=O)O)OCC1c2ccccc2-c2ccccc21. The van der Waals surface area contributed by atoms with Crippen molar-refractivity contribution in [3.8, 4) is 11.1 Å². The van der Waals surface area contributed by atoms with E-state index in [0.717, 1.165) is 40.7 Å². The zero-order chi connectivity index (χ0) is 24.2. The van der Waals surface area contributed by atoms with Crippen molar-refractivity contribution in [1.29, 1.82) is 0 Å². The Labute approximate surface area is 206 Å². The van der Waals surface area contributed by atoms with E-state index < -0.39 is 18.1 Å². The molecule has 3 aromatic carbocycles. The fraction of sp³-hybridized carbons (Fsp3) is 0.333. The molecule has 2 aliphatic rings. The minimum absolute atomic E-state index is 0.0662. The fourth-order valence-corrected chi connectivity index (χ4v) is 5.73. The normalized spacial score (nSPS) is 16.2.